The molecule has 11 heteroatoms. The summed E-state index contributed by atoms with van der Waals surface area (Å²) in [7, 11) is -2.00. The molecule has 37 heavy (non-hydrogen) atoms. The lowest BCUT2D eigenvalue weighted by molar-refractivity contribution is 0.103. The smallest absolute Gasteiger partial charge is 0.426 e. The molecule has 0 radical (unpaired) electrons. The second kappa shape index (κ2) is 11.2. The number of halogens is 3. The third kappa shape index (κ3) is 5.26. The van der Waals surface area contributed by atoms with Gasteiger partial charge in [0.25, 0.3) is 0 Å². The molecule has 0 saturated heterocycles. The molecular weight excluding hydrogens is 524 g/mol. The van der Waals surface area contributed by atoms with E-state index in [-0.39, 0.29) is 17.9 Å². The average Bonchev–Trinajstić information content (AvgIpc) is 3.30. The largest absolute Gasteiger partial charge is 0.449 e. The minimum atomic E-state index is -2.00. The molecule has 0 aliphatic carbocycles. The van der Waals surface area contributed by atoms with E-state index in [4.69, 9.17) is 16.3 Å². The maximum atomic E-state index is 15.7. The highest BCUT2D eigenvalue weighted by Gasteiger charge is 2.31. The normalized spacial score (nSPS) is 11.9. The minimum absolute atomic E-state index is 0.0226. The van der Waals surface area contributed by atoms with E-state index in [1.807, 2.05) is 0 Å². The van der Waals surface area contributed by atoms with Gasteiger partial charge in [0.1, 0.15) is 22.5 Å². The molecule has 0 bridgehead atoms. The van der Waals surface area contributed by atoms with E-state index < -0.39 is 45.7 Å². The van der Waals surface area contributed by atoms with Crippen molar-refractivity contribution < 1.29 is 27.3 Å². The Morgan fingerprint density at radius 1 is 1.11 bits per heavy atom. The number of anilines is 1. The molecular formula is C26H22ClF2N3O4S. The number of ether oxygens (including phenoxy) is 1. The van der Waals surface area contributed by atoms with E-state index in [2.05, 4.69) is 9.97 Å². The van der Waals surface area contributed by atoms with Crippen LogP contribution in [0.3, 0.4) is 0 Å². The van der Waals surface area contributed by atoms with Gasteiger partial charge < -0.3 is 9.72 Å². The number of pyridine rings is 1. The van der Waals surface area contributed by atoms with Gasteiger partial charge in [-0.05, 0) is 49.2 Å². The Morgan fingerprint density at radius 2 is 1.84 bits per heavy atom. The molecule has 2 aromatic carbocycles. The van der Waals surface area contributed by atoms with Crippen LogP contribution in [0, 0.1) is 11.6 Å². The minimum Gasteiger partial charge on any atom is -0.449 e. The molecule has 2 heterocycles. The van der Waals surface area contributed by atoms with Gasteiger partial charge in [-0.25, -0.2) is 22.8 Å². The van der Waals surface area contributed by atoms with Crippen LogP contribution >= 0.6 is 11.6 Å². The molecule has 0 fully saturated rings. The standard InChI is InChI=1S/C26H22ClF2N3O4S/c1-3-11-37(35)32(26(34)36-4-2)21-10-9-20(28)22(23(21)29)24(33)19-14-31-25-18(19)12-16(13-30-25)15-5-7-17(27)8-6-15/h5-10,12-14H,3-4,11H2,1-2H3,(H,30,31). The number of aromatic nitrogens is 2. The van der Waals surface area contributed by atoms with Gasteiger partial charge in [-0.15, -0.1) is 0 Å². The van der Waals surface area contributed by atoms with Gasteiger partial charge in [0.2, 0.25) is 5.78 Å². The first-order chi connectivity index (χ1) is 17.8. The molecule has 1 N–H and O–H groups in total. The van der Waals surface area contributed by atoms with Gasteiger partial charge in [0, 0.05) is 39.7 Å². The molecule has 0 aliphatic heterocycles. The molecule has 1 unspecified atom stereocenters. The van der Waals surface area contributed by atoms with Crippen molar-refractivity contribution in [2.45, 2.75) is 20.3 Å². The van der Waals surface area contributed by atoms with Crippen molar-refractivity contribution in [2.75, 3.05) is 16.7 Å². The van der Waals surface area contributed by atoms with E-state index >= 15 is 4.39 Å². The number of nitrogens with one attached hydrogen (secondary N) is 1. The number of hydrogen-bond acceptors (Lipinski definition) is 5. The van der Waals surface area contributed by atoms with Crippen LogP contribution in [0.5, 0.6) is 0 Å². The Balaban J connectivity index is 1.81. The lowest BCUT2D eigenvalue weighted by atomic mass is 9.99. The number of aromatic amines is 1. The third-order valence-electron chi connectivity index (χ3n) is 5.49. The summed E-state index contributed by atoms with van der Waals surface area (Å²) in [6.45, 7) is 3.23. The van der Waals surface area contributed by atoms with Gasteiger partial charge in [-0.2, -0.15) is 4.31 Å². The van der Waals surface area contributed by atoms with Gasteiger partial charge in [-0.3, -0.25) is 4.79 Å². The number of fused-ring (bicyclic) bond motifs is 1. The maximum absolute atomic E-state index is 15.7. The number of rotatable bonds is 8. The van der Waals surface area contributed by atoms with Crippen LogP contribution < -0.4 is 4.31 Å². The van der Waals surface area contributed by atoms with E-state index in [1.54, 1.807) is 43.5 Å². The van der Waals surface area contributed by atoms with Crippen LogP contribution in [0.4, 0.5) is 19.3 Å². The third-order valence-corrected chi connectivity index (χ3v) is 7.25. The second-order valence-electron chi connectivity index (χ2n) is 7.93. The van der Waals surface area contributed by atoms with Crippen molar-refractivity contribution in [2.24, 2.45) is 0 Å². The molecule has 4 rings (SSSR count). The number of nitrogens with zero attached hydrogens (tertiary/aromatic N) is 2. The Morgan fingerprint density at radius 3 is 2.51 bits per heavy atom. The first kappa shape index (κ1) is 26.4. The summed E-state index contributed by atoms with van der Waals surface area (Å²) in [5.74, 6) is -3.39. The first-order valence-electron chi connectivity index (χ1n) is 11.4. The topological polar surface area (TPSA) is 92.4 Å². The van der Waals surface area contributed by atoms with Crippen molar-refractivity contribution in [1.29, 1.82) is 0 Å². The zero-order chi connectivity index (χ0) is 26.7. The highest BCUT2D eigenvalue weighted by atomic mass is 35.5. The van der Waals surface area contributed by atoms with Crippen LogP contribution in [-0.2, 0) is 15.7 Å². The average molecular weight is 546 g/mol. The molecule has 1 amide bonds. The fraction of sp³-hybridized carbons (Fsp3) is 0.192. The van der Waals surface area contributed by atoms with E-state index in [1.165, 1.54) is 13.1 Å². The number of carbonyl (C=O) groups excluding carboxylic acids is 2. The van der Waals surface area contributed by atoms with E-state index in [9.17, 15) is 18.2 Å². The summed E-state index contributed by atoms with van der Waals surface area (Å²) in [5, 5.41) is 0.899. The van der Waals surface area contributed by atoms with Crippen molar-refractivity contribution >= 4 is 51.2 Å². The monoisotopic (exact) mass is 545 g/mol. The van der Waals surface area contributed by atoms with Crippen LogP contribution in [0.15, 0.2) is 54.9 Å². The lowest BCUT2D eigenvalue weighted by Crippen LogP contribution is -2.35. The van der Waals surface area contributed by atoms with Crippen LogP contribution in [0.1, 0.15) is 36.2 Å². The molecule has 7 nitrogen and oxygen atoms in total. The van der Waals surface area contributed by atoms with Crippen LogP contribution in [0.25, 0.3) is 22.2 Å². The van der Waals surface area contributed by atoms with Gasteiger partial charge >= 0.3 is 6.09 Å². The SMILES string of the molecule is CCCS(=O)N(C(=O)OCC)c1ccc(F)c(C(=O)c2c[nH]c3ncc(-c4ccc(Cl)cc4)cc23)c1F. The summed E-state index contributed by atoms with van der Waals surface area (Å²) in [6.07, 6.45) is 2.27. The predicted molar refractivity (Wildman–Crippen MR) is 139 cm³/mol. The first-order valence-corrected chi connectivity index (χ1v) is 13.0. The number of H-pyrrole nitrogens is 1. The van der Waals surface area contributed by atoms with Crippen LogP contribution in [0.2, 0.25) is 5.02 Å². The summed E-state index contributed by atoms with van der Waals surface area (Å²) >= 11 is 5.96. The second-order valence-corrected chi connectivity index (χ2v) is 9.79. The van der Waals surface area contributed by atoms with Crippen molar-refractivity contribution in [3.63, 3.8) is 0 Å². The van der Waals surface area contributed by atoms with Gasteiger partial charge in [0.15, 0.2) is 5.82 Å². The maximum Gasteiger partial charge on any atom is 0.426 e. The Bertz CT molecular complexity index is 1490. The Hall–Kier alpha value is -3.63. The van der Waals surface area contributed by atoms with Gasteiger partial charge in [-0.1, -0.05) is 30.7 Å². The highest BCUT2D eigenvalue weighted by molar-refractivity contribution is 7.87. The van der Waals surface area contributed by atoms with E-state index in [0.29, 0.717) is 32.3 Å². The predicted octanol–water partition coefficient (Wildman–Crippen LogP) is 6.43. The van der Waals surface area contributed by atoms with Crippen molar-refractivity contribution in [3.8, 4) is 11.1 Å². The summed E-state index contributed by atoms with van der Waals surface area (Å²) in [5.41, 5.74) is 0.353. The van der Waals surface area contributed by atoms with Crippen molar-refractivity contribution in [1.82, 2.24) is 9.97 Å². The molecule has 0 saturated carbocycles. The summed E-state index contributed by atoms with van der Waals surface area (Å²) in [4.78, 5) is 33.1. The highest BCUT2D eigenvalue weighted by Crippen LogP contribution is 2.31. The van der Waals surface area contributed by atoms with E-state index in [0.717, 1.165) is 17.7 Å². The molecule has 4 aromatic rings. The number of benzene rings is 2. The van der Waals surface area contributed by atoms with Crippen molar-refractivity contribution in [3.05, 3.63) is 82.6 Å². The molecule has 1 atom stereocenters. The number of ketones is 1. The summed E-state index contributed by atoms with van der Waals surface area (Å²) < 4.78 is 48.9. The lowest BCUT2D eigenvalue weighted by Gasteiger charge is -2.22. The number of amides is 1. The summed E-state index contributed by atoms with van der Waals surface area (Å²) in [6, 6.07) is 10.5. The zero-order valence-electron chi connectivity index (χ0n) is 19.9. The van der Waals surface area contributed by atoms with Crippen LogP contribution in [-0.4, -0.2) is 38.4 Å². The zero-order valence-corrected chi connectivity index (χ0v) is 21.5. The molecule has 2 aromatic heterocycles. The molecule has 0 aliphatic rings. The quantitative estimate of drug-likeness (QED) is 0.258. The molecule has 192 valence electrons. The fourth-order valence-electron chi connectivity index (χ4n) is 3.77. The number of carbonyl (C=O) groups is 2. The fourth-order valence-corrected chi connectivity index (χ4v) is 5.01. The Kier molecular flexibility index (Phi) is 7.99. The number of hydrogen-bond donors (Lipinski definition) is 1. The van der Waals surface area contributed by atoms with Gasteiger partial charge in [0.05, 0.1) is 17.9 Å². The Labute approximate surface area is 219 Å². The molecule has 0 spiro atoms.